The molecule has 0 spiro atoms. The Balaban J connectivity index is 2.05. The zero-order valence-corrected chi connectivity index (χ0v) is 17.9. The summed E-state index contributed by atoms with van der Waals surface area (Å²) < 4.78 is 1.85. The Hall–Kier alpha value is -2.15. The number of carboxylic acids is 1. The summed E-state index contributed by atoms with van der Waals surface area (Å²) in [5, 5.41) is 22.3. The minimum Gasteiger partial charge on any atom is -0.481 e. The molecule has 7 heteroatoms. The van der Waals surface area contributed by atoms with Crippen LogP contribution in [0.4, 0.5) is 0 Å². The molecule has 0 amide bonds. The van der Waals surface area contributed by atoms with Gasteiger partial charge in [-0.15, -0.1) is 5.10 Å². The highest BCUT2D eigenvalue weighted by Crippen LogP contribution is 2.30. The number of tetrazole rings is 1. The van der Waals surface area contributed by atoms with Crippen molar-refractivity contribution in [3.63, 3.8) is 0 Å². The Morgan fingerprint density at radius 2 is 1.93 bits per heavy atom. The highest BCUT2D eigenvalue weighted by molar-refractivity contribution is 7.99. The fourth-order valence-electron chi connectivity index (χ4n) is 3.13. The van der Waals surface area contributed by atoms with Gasteiger partial charge in [0.1, 0.15) is 0 Å². The standard InChI is InChI=1S/C21H30N4O2S/c1-6-17(20(26)27)11-12-19(14(2)3)25-21(22-23-24-25)28-13-16(5)18-9-7-15(4)8-10-18/h7-10,14,17,19H,5-6,11-13H2,1-4H3,(H,26,27). The van der Waals surface area contributed by atoms with E-state index in [4.69, 9.17) is 0 Å². The summed E-state index contributed by atoms with van der Waals surface area (Å²) in [7, 11) is 0. The van der Waals surface area contributed by atoms with E-state index < -0.39 is 5.97 Å². The molecule has 152 valence electrons. The third-order valence-corrected chi connectivity index (χ3v) is 6.05. The smallest absolute Gasteiger partial charge is 0.306 e. The van der Waals surface area contributed by atoms with Gasteiger partial charge in [-0.05, 0) is 53.7 Å². The Morgan fingerprint density at radius 1 is 1.25 bits per heavy atom. The minimum absolute atomic E-state index is 0.0681. The normalized spacial score (nSPS) is 13.5. The van der Waals surface area contributed by atoms with E-state index in [0.717, 1.165) is 22.7 Å². The highest BCUT2D eigenvalue weighted by Gasteiger charge is 2.24. The van der Waals surface area contributed by atoms with Crippen LogP contribution in [0.5, 0.6) is 0 Å². The SMILES string of the molecule is C=C(CSc1nnnn1C(CCC(CC)C(=O)O)C(C)C)c1ccc(C)cc1. The van der Waals surface area contributed by atoms with E-state index in [1.54, 1.807) is 11.8 Å². The predicted molar refractivity (Wildman–Crippen MR) is 113 cm³/mol. The predicted octanol–water partition coefficient (Wildman–Crippen LogP) is 4.88. The van der Waals surface area contributed by atoms with Crippen LogP contribution in [0.2, 0.25) is 0 Å². The number of aromatic nitrogens is 4. The van der Waals surface area contributed by atoms with E-state index in [0.29, 0.717) is 24.5 Å². The number of aliphatic carboxylic acids is 1. The van der Waals surface area contributed by atoms with Gasteiger partial charge in [-0.25, -0.2) is 4.68 Å². The molecule has 28 heavy (non-hydrogen) atoms. The third kappa shape index (κ3) is 5.92. The van der Waals surface area contributed by atoms with Gasteiger partial charge >= 0.3 is 5.97 Å². The molecule has 1 heterocycles. The molecule has 2 rings (SSSR count). The Labute approximate surface area is 171 Å². The quantitative estimate of drug-likeness (QED) is 0.540. The molecule has 0 bridgehead atoms. The number of thioether (sulfide) groups is 1. The van der Waals surface area contributed by atoms with Gasteiger partial charge in [0, 0.05) is 5.75 Å². The molecule has 1 N–H and O–H groups in total. The summed E-state index contributed by atoms with van der Waals surface area (Å²) in [5.41, 5.74) is 3.36. The molecular formula is C21H30N4O2S. The number of hydrogen-bond donors (Lipinski definition) is 1. The molecule has 2 atom stereocenters. The van der Waals surface area contributed by atoms with E-state index in [2.05, 4.69) is 67.1 Å². The third-order valence-electron chi connectivity index (χ3n) is 5.03. The average molecular weight is 403 g/mol. The maximum Gasteiger partial charge on any atom is 0.306 e. The molecule has 2 aromatic rings. The number of rotatable bonds is 11. The fourth-order valence-corrected chi connectivity index (χ4v) is 3.99. The van der Waals surface area contributed by atoms with Gasteiger partial charge in [0.2, 0.25) is 5.16 Å². The molecule has 0 aliphatic heterocycles. The fraction of sp³-hybridized carbons (Fsp3) is 0.524. The van der Waals surface area contributed by atoms with Crippen molar-refractivity contribution in [3.05, 3.63) is 42.0 Å². The van der Waals surface area contributed by atoms with Crippen molar-refractivity contribution in [3.8, 4) is 0 Å². The largest absolute Gasteiger partial charge is 0.481 e. The first-order valence-electron chi connectivity index (χ1n) is 9.71. The first-order valence-corrected chi connectivity index (χ1v) is 10.7. The van der Waals surface area contributed by atoms with Gasteiger partial charge < -0.3 is 5.11 Å². The lowest BCUT2D eigenvalue weighted by Gasteiger charge is -2.23. The summed E-state index contributed by atoms with van der Waals surface area (Å²) in [6.07, 6.45) is 1.99. The van der Waals surface area contributed by atoms with E-state index in [9.17, 15) is 9.90 Å². The van der Waals surface area contributed by atoms with Gasteiger partial charge in [-0.1, -0.05) is 68.9 Å². The lowest BCUT2D eigenvalue weighted by Crippen LogP contribution is -2.21. The number of carbonyl (C=O) groups is 1. The maximum atomic E-state index is 11.3. The summed E-state index contributed by atoms with van der Waals surface area (Å²) in [4.78, 5) is 11.3. The van der Waals surface area contributed by atoms with Crippen molar-refractivity contribution in [2.24, 2.45) is 11.8 Å². The summed E-state index contributed by atoms with van der Waals surface area (Å²) >= 11 is 1.56. The molecule has 0 aliphatic carbocycles. The van der Waals surface area contributed by atoms with Gasteiger partial charge in [0.25, 0.3) is 0 Å². The first-order chi connectivity index (χ1) is 13.3. The van der Waals surface area contributed by atoms with Crippen LogP contribution in [0.15, 0.2) is 36.0 Å². The van der Waals surface area contributed by atoms with Gasteiger partial charge in [0.15, 0.2) is 0 Å². The van der Waals surface area contributed by atoms with Crippen LogP contribution in [0.3, 0.4) is 0 Å². The topological polar surface area (TPSA) is 80.9 Å². The molecule has 0 aliphatic rings. The second-order valence-corrected chi connectivity index (χ2v) is 8.44. The Morgan fingerprint density at radius 3 is 2.50 bits per heavy atom. The lowest BCUT2D eigenvalue weighted by atomic mass is 9.93. The number of aryl methyl sites for hydroxylation is 1. The minimum atomic E-state index is -0.731. The van der Waals surface area contributed by atoms with Crippen LogP contribution in [-0.4, -0.2) is 37.0 Å². The lowest BCUT2D eigenvalue weighted by molar-refractivity contribution is -0.142. The molecule has 2 unspecified atom stereocenters. The summed E-state index contributed by atoms with van der Waals surface area (Å²) in [5.74, 6) is -0.0589. The van der Waals surface area contributed by atoms with Crippen LogP contribution >= 0.6 is 11.8 Å². The van der Waals surface area contributed by atoms with Gasteiger partial charge in [0.05, 0.1) is 12.0 Å². The summed E-state index contributed by atoms with van der Waals surface area (Å²) in [6, 6.07) is 8.38. The van der Waals surface area contributed by atoms with E-state index in [-0.39, 0.29) is 12.0 Å². The molecule has 0 fully saturated rings. The second kappa shape index (κ2) is 10.4. The monoisotopic (exact) mass is 402 g/mol. The van der Waals surface area contributed by atoms with E-state index in [1.807, 2.05) is 11.6 Å². The van der Waals surface area contributed by atoms with E-state index in [1.165, 1.54) is 5.56 Å². The van der Waals surface area contributed by atoms with Crippen LogP contribution in [0, 0.1) is 18.8 Å². The van der Waals surface area contributed by atoms with Gasteiger partial charge in [-0.3, -0.25) is 4.79 Å². The molecule has 1 aromatic heterocycles. The van der Waals surface area contributed by atoms with Crippen molar-refractivity contribution in [2.75, 3.05) is 5.75 Å². The molecule has 6 nitrogen and oxygen atoms in total. The molecule has 0 radical (unpaired) electrons. The van der Waals surface area contributed by atoms with Crippen LogP contribution in [0.25, 0.3) is 5.57 Å². The van der Waals surface area contributed by atoms with Crippen molar-refractivity contribution in [1.29, 1.82) is 0 Å². The van der Waals surface area contributed by atoms with Crippen molar-refractivity contribution >= 4 is 23.3 Å². The van der Waals surface area contributed by atoms with Crippen LogP contribution in [-0.2, 0) is 4.79 Å². The van der Waals surface area contributed by atoms with Crippen molar-refractivity contribution in [2.45, 2.75) is 58.2 Å². The Kier molecular flexibility index (Phi) is 8.23. The zero-order chi connectivity index (χ0) is 20.7. The van der Waals surface area contributed by atoms with E-state index >= 15 is 0 Å². The molecule has 0 saturated heterocycles. The molecule has 0 saturated carbocycles. The van der Waals surface area contributed by atoms with Crippen LogP contribution in [0.1, 0.15) is 57.2 Å². The average Bonchev–Trinajstić information content (AvgIpc) is 3.11. The number of nitrogens with zero attached hydrogens (tertiary/aromatic N) is 4. The summed E-state index contributed by atoms with van der Waals surface area (Å²) in [6.45, 7) is 12.4. The number of benzene rings is 1. The number of hydrogen-bond acceptors (Lipinski definition) is 5. The molecule has 1 aromatic carbocycles. The maximum absolute atomic E-state index is 11.3. The van der Waals surface area contributed by atoms with Gasteiger partial charge in [-0.2, -0.15) is 0 Å². The Bertz CT molecular complexity index is 786. The number of carboxylic acid groups (broad SMARTS) is 1. The van der Waals surface area contributed by atoms with Crippen LogP contribution < -0.4 is 0 Å². The second-order valence-electron chi connectivity index (χ2n) is 7.50. The van der Waals surface area contributed by atoms with Crippen molar-refractivity contribution in [1.82, 2.24) is 20.2 Å². The first kappa shape index (κ1) is 22.1. The zero-order valence-electron chi connectivity index (χ0n) is 17.1. The highest BCUT2D eigenvalue weighted by atomic mass is 32.2. The van der Waals surface area contributed by atoms with Crippen molar-refractivity contribution < 1.29 is 9.90 Å². The molecular weight excluding hydrogens is 372 g/mol.